The third-order valence-electron chi connectivity index (χ3n) is 2.78. The van der Waals surface area contributed by atoms with Crippen molar-refractivity contribution in [1.29, 1.82) is 0 Å². The van der Waals surface area contributed by atoms with Crippen molar-refractivity contribution in [1.82, 2.24) is 14.3 Å². The van der Waals surface area contributed by atoms with Crippen LogP contribution in [0.15, 0.2) is 0 Å². The standard InChI is InChI=1S/C9H21N3O2S.ClH/c1-12(2)15(13,14)11-8-5-9-3-6-10-7-4-9;/h9-11H,3-8H2,1-2H3;1H. The molecular formula is C9H22ClN3O2S. The summed E-state index contributed by atoms with van der Waals surface area (Å²) in [5, 5.41) is 3.29. The molecule has 0 bridgehead atoms. The first-order valence-electron chi connectivity index (χ1n) is 5.40. The van der Waals surface area contributed by atoms with Crippen molar-refractivity contribution in [3.05, 3.63) is 0 Å². The van der Waals surface area contributed by atoms with Gasteiger partial charge in [0.25, 0.3) is 10.2 Å². The van der Waals surface area contributed by atoms with Gasteiger partial charge in [0.15, 0.2) is 0 Å². The molecule has 16 heavy (non-hydrogen) atoms. The minimum absolute atomic E-state index is 0. The maximum absolute atomic E-state index is 11.4. The number of hydrogen-bond donors (Lipinski definition) is 2. The average Bonchev–Trinajstić information content (AvgIpc) is 2.19. The van der Waals surface area contributed by atoms with Crippen molar-refractivity contribution in [3.8, 4) is 0 Å². The molecule has 1 heterocycles. The van der Waals surface area contributed by atoms with Crippen molar-refractivity contribution in [2.45, 2.75) is 19.3 Å². The maximum atomic E-state index is 11.4. The molecular weight excluding hydrogens is 250 g/mol. The lowest BCUT2D eigenvalue weighted by molar-refractivity contribution is 0.353. The van der Waals surface area contributed by atoms with Gasteiger partial charge in [0.1, 0.15) is 0 Å². The van der Waals surface area contributed by atoms with Crippen LogP contribution >= 0.6 is 12.4 Å². The fourth-order valence-corrected chi connectivity index (χ4v) is 2.33. The molecule has 1 rings (SSSR count). The molecule has 98 valence electrons. The molecule has 0 unspecified atom stereocenters. The van der Waals surface area contributed by atoms with Gasteiger partial charge >= 0.3 is 0 Å². The molecule has 0 aromatic rings. The van der Waals surface area contributed by atoms with E-state index in [2.05, 4.69) is 10.0 Å². The van der Waals surface area contributed by atoms with Gasteiger partial charge in [-0.1, -0.05) is 0 Å². The summed E-state index contributed by atoms with van der Waals surface area (Å²) in [6.07, 6.45) is 3.25. The van der Waals surface area contributed by atoms with E-state index in [0.717, 1.165) is 32.4 Å². The van der Waals surface area contributed by atoms with Crippen LogP contribution in [0.1, 0.15) is 19.3 Å². The Balaban J connectivity index is 0.00000225. The minimum atomic E-state index is -3.23. The van der Waals surface area contributed by atoms with Crippen molar-refractivity contribution < 1.29 is 8.42 Å². The summed E-state index contributed by atoms with van der Waals surface area (Å²) in [5.74, 6) is 0.663. The number of halogens is 1. The third kappa shape index (κ3) is 5.45. The lowest BCUT2D eigenvalue weighted by atomic mass is 9.95. The summed E-state index contributed by atoms with van der Waals surface area (Å²) in [6.45, 7) is 2.67. The largest absolute Gasteiger partial charge is 0.317 e. The molecule has 7 heteroatoms. The van der Waals surface area contributed by atoms with Crippen LogP contribution in [0.2, 0.25) is 0 Å². The fraction of sp³-hybridized carbons (Fsp3) is 1.00. The molecule has 1 fully saturated rings. The first-order valence-corrected chi connectivity index (χ1v) is 6.84. The second-order valence-corrected chi connectivity index (χ2v) is 6.13. The predicted molar refractivity (Wildman–Crippen MR) is 68.1 cm³/mol. The Bertz CT molecular complexity index is 276. The topological polar surface area (TPSA) is 61.4 Å². The zero-order valence-electron chi connectivity index (χ0n) is 9.90. The normalized spacial score (nSPS) is 18.4. The van der Waals surface area contributed by atoms with Gasteiger partial charge < -0.3 is 5.32 Å². The van der Waals surface area contributed by atoms with Crippen LogP contribution in [0.3, 0.4) is 0 Å². The van der Waals surface area contributed by atoms with Gasteiger partial charge in [-0.25, -0.2) is 4.72 Å². The highest BCUT2D eigenvalue weighted by atomic mass is 35.5. The molecule has 0 spiro atoms. The summed E-state index contributed by atoms with van der Waals surface area (Å²) in [5.41, 5.74) is 0. The summed E-state index contributed by atoms with van der Waals surface area (Å²) < 4.78 is 26.5. The maximum Gasteiger partial charge on any atom is 0.278 e. The van der Waals surface area contributed by atoms with Crippen LogP contribution in [-0.2, 0) is 10.2 Å². The smallest absolute Gasteiger partial charge is 0.278 e. The summed E-state index contributed by atoms with van der Waals surface area (Å²) in [7, 11) is -0.162. The number of nitrogens with one attached hydrogen (secondary N) is 2. The van der Waals surface area contributed by atoms with Crippen LogP contribution in [0.25, 0.3) is 0 Å². The highest BCUT2D eigenvalue weighted by Crippen LogP contribution is 2.14. The molecule has 0 saturated carbocycles. The highest BCUT2D eigenvalue weighted by molar-refractivity contribution is 7.87. The monoisotopic (exact) mass is 271 g/mol. The highest BCUT2D eigenvalue weighted by Gasteiger charge is 2.15. The van der Waals surface area contributed by atoms with Gasteiger partial charge in [-0.15, -0.1) is 12.4 Å². The van der Waals surface area contributed by atoms with Crippen LogP contribution in [0.5, 0.6) is 0 Å². The molecule has 1 aliphatic heterocycles. The summed E-state index contributed by atoms with van der Waals surface area (Å²) >= 11 is 0. The molecule has 0 atom stereocenters. The van der Waals surface area contributed by atoms with Crippen molar-refractivity contribution in [2.75, 3.05) is 33.7 Å². The molecule has 0 radical (unpaired) electrons. The molecule has 0 aromatic carbocycles. The summed E-state index contributed by atoms with van der Waals surface area (Å²) in [6, 6.07) is 0. The van der Waals surface area contributed by atoms with E-state index in [1.807, 2.05) is 0 Å². The van der Waals surface area contributed by atoms with E-state index < -0.39 is 10.2 Å². The molecule has 1 saturated heterocycles. The lowest BCUT2D eigenvalue weighted by Gasteiger charge is -2.22. The first kappa shape index (κ1) is 16.1. The molecule has 0 aliphatic carbocycles. The van der Waals surface area contributed by atoms with E-state index in [1.54, 1.807) is 0 Å². The van der Waals surface area contributed by atoms with E-state index in [-0.39, 0.29) is 12.4 Å². The second kappa shape index (κ2) is 7.45. The Hall–Kier alpha value is 0.120. The van der Waals surface area contributed by atoms with Crippen LogP contribution in [0, 0.1) is 5.92 Å². The molecule has 2 N–H and O–H groups in total. The number of hydrogen-bond acceptors (Lipinski definition) is 3. The van der Waals surface area contributed by atoms with E-state index in [9.17, 15) is 8.42 Å². The van der Waals surface area contributed by atoms with Gasteiger partial charge in [0.2, 0.25) is 0 Å². The zero-order chi connectivity index (χ0) is 11.3. The average molecular weight is 272 g/mol. The minimum Gasteiger partial charge on any atom is -0.317 e. The van der Waals surface area contributed by atoms with E-state index >= 15 is 0 Å². The molecule has 0 amide bonds. The second-order valence-electron chi connectivity index (χ2n) is 4.16. The Morgan fingerprint density at radius 3 is 2.38 bits per heavy atom. The van der Waals surface area contributed by atoms with Crippen LogP contribution in [-0.4, -0.2) is 46.5 Å². The van der Waals surface area contributed by atoms with Gasteiger partial charge in [-0.3, -0.25) is 0 Å². The first-order chi connectivity index (χ1) is 7.02. The number of piperidine rings is 1. The Labute approximate surface area is 105 Å². The van der Waals surface area contributed by atoms with Crippen molar-refractivity contribution >= 4 is 22.6 Å². The van der Waals surface area contributed by atoms with Gasteiger partial charge in [-0.05, 0) is 38.3 Å². The number of rotatable bonds is 5. The van der Waals surface area contributed by atoms with E-state index in [4.69, 9.17) is 0 Å². The van der Waals surface area contributed by atoms with Crippen molar-refractivity contribution in [2.24, 2.45) is 5.92 Å². The third-order valence-corrected chi connectivity index (χ3v) is 4.31. The van der Waals surface area contributed by atoms with Crippen molar-refractivity contribution in [3.63, 3.8) is 0 Å². The molecule has 1 aliphatic rings. The van der Waals surface area contributed by atoms with E-state index in [1.165, 1.54) is 18.4 Å². The Kier molecular flexibility index (Phi) is 7.50. The SMILES string of the molecule is CN(C)S(=O)(=O)NCCC1CCNCC1.Cl. The number of nitrogens with zero attached hydrogens (tertiary/aromatic N) is 1. The van der Waals surface area contributed by atoms with Crippen LogP contribution in [0.4, 0.5) is 0 Å². The van der Waals surface area contributed by atoms with Gasteiger partial charge in [0.05, 0.1) is 0 Å². The van der Waals surface area contributed by atoms with E-state index in [0.29, 0.717) is 12.5 Å². The van der Waals surface area contributed by atoms with Gasteiger partial charge in [0, 0.05) is 20.6 Å². The summed E-state index contributed by atoms with van der Waals surface area (Å²) in [4.78, 5) is 0. The van der Waals surface area contributed by atoms with Crippen LogP contribution < -0.4 is 10.0 Å². The van der Waals surface area contributed by atoms with Gasteiger partial charge in [-0.2, -0.15) is 12.7 Å². The predicted octanol–water partition coefficient (Wildman–Crippen LogP) is 0.194. The Morgan fingerprint density at radius 2 is 1.88 bits per heavy atom. The molecule has 0 aromatic heterocycles. The lowest BCUT2D eigenvalue weighted by Crippen LogP contribution is -2.37. The molecule has 5 nitrogen and oxygen atoms in total. The Morgan fingerprint density at radius 1 is 1.31 bits per heavy atom. The zero-order valence-corrected chi connectivity index (χ0v) is 11.5. The fourth-order valence-electron chi connectivity index (χ4n) is 1.69. The quantitative estimate of drug-likeness (QED) is 0.751.